The molecule has 0 bridgehead atoms. The van der Waals surface area contributed by atoms with E-state index in [9.17, 15) is 17.7 Å². The molecule has 0 heterocycles. The van der Waals surface area contributed by atoms with Crippen LogP contribution in [0, 0.1) is 5.92 Å². The maximum atomic E-state index is 12.2. The summed E-state index contributed by atoms with van der Waals surface area (Å²) in [5.74, 6) is -0.490. The third-order valence-corrected chi connectivity index (χ3v) is 4.53. The summed E-state index contributed by atoms with van der Waals surface area (Å²) in [7, 11) is -4.66. The first-order valence-corrected chi connectivity index (χ1v) is 7.00. The van der Waals surface area contributed by atoms with Crippen LogP contribution in [-0.4, -0.2) is 21.6 Å². The number of rotatable bonds is 3. The third kappa shape index (κ3) is 4.44. The van der Waals surface area contributed by atoms with Crippen LogP contribution >= 0.6 is 7.60 Å². The highest BCUT2D eigenvalue weighted by atomic mass is 31.2. The molecule has 1 unspecified atom stereocenters. The van der Waals surface area contributed by atoms with Gasteiger partial charge in [0, 0.05) is 0 Å². The summed E-state index contributed by atoms with van der Waals surface area (Å²) in [6.07, 6.45) is -2.43. The second kappa shape index (κ2) is 5.07. The highest BCUT2D eigenvalue weighted by Gasteiger charge is 2.44. The predicted octanol–water partition coefficient (Wildman–Crippen LogP) is 3.07. The first kappa shape index (κ1) is 14.0. The molecular weight excluding hydrogens is 244 g/mol. The molecule has 0 saturated heterocycles. The van der Waals surface area contributed by atoms with Crippen molar-refractivity contribution in [3.8, 4) is 0 Å². The van der Waals surface area contributed by atoms with Crippen molar-refractivity contribution in [3.05, 3.63) is 0 Å². The summed E-state index contributed by atoms with van der Waals surface area (Å²) in [5.41, 5.74) is -1.55. The molecule has 0 aromatic heterocycles. The number of halogens is 3. The van der Waals surface area contributed by atoms with Crippen molar-refractivity contribution < 1.29 is 27.5 Å². The van der Waals surface area contributed by atoms with Gasteiger partial charge in [-0.3, -0.25) is 4.57 Å². The van der Waals surface area contributed by atoms with E-state index in [1.54, 1.807) is 0 Å². The molecule has 16 heavy (non-hydrogen) atoms. The van der Waals surface area contributed by atoms with Crippen LogP contribution in [0.15, 0.2) is 0 Å². The minimum Gasteiger partial charge on any atom is -0.324 e. The van der Waals surface area contributed by atoms with Gasteiger partial charge in [0.15, 0.2) is 0 Å². The Labute approximate surface area is 92.2 Å². The van der Waals surface area contributed by atoms with Gasteiger partial charge in [0.1, 0.15) is 0 Å². The zero-order valence-corrected chi connectivity index (χ0v) is 9.68. The molecule has 1 atom stereocenters. The molecule has 3 nitrogen and oxygen atoms in total. The lowest BCUT2D eigenvalue weighted by Crippen LogP contribution is -2.29. The fourth-order valence-electron chi connectivity index (χ4n) is 2.32. The molecule has 0 aromatic rings. The molecular formula is C9H16F3O3P. The summed E-state index contributed by atoms with van der Waals surface area (Å²) >= 11 is 0. The highest BCUT2D eigenvalue weighted by Crippen LogP contribution is 2.52. The Morgan fingerprint density at radius 3 is 2.06 bits per heavy atom. The minimum absolute atomic E-state index is 0.490. The summed E-state index contributed by atoms with van der Waals surface area (Å²) in [4.78, 5) is 18.0. The number of hydrogen-bond donors (Lipinski definition) is 2. The SMILES string of the molecule is O=P(O)(O)C(CC(F)(F)F)C1CCCCC1. The van der Waals surface area contributed by atoms with E-state index in [0.29, 0.717) is 12.8 Å². The van der Waals surface area contributed by atoms with Crippen LogP contribution in [0.5, 0.6) is 0 Å². The van der Waals surface area contributed by atoms with E-state index in [1.807, 2.05) is 0 Å². The Kier molecular flexibility index (Phi) is 4.43. The van der Waals surface area contributed by atoms with E-state index in [1.165, 1.54) is 0 Å². The van der Waals surface area contributed by atoms with Gasteiger partial charge in [0.05, 0.1) is 12.1 Å². The molecule has 1 rings (SSSR count). The van der Waals surface area contributed by atoms with Gasteiger partial charge in [-0.15, -0.1) is 0 Å². The zero-order chi connectivity index (χ0) is 12.4. The fraction of sp³-hybridized carbons (Fsp3) is 1.00. The molecule has 96 valence electrons. The topological polar surface area (TPSA) is 57.5 Å². The average Bonchev–Trinajstić information content (AvgIpc) is 2.13. The second-order valence-corrected chi connectivity index (χ2v) is 6.22. The first-order chi connectivity index (χ1) is 7.20. The summed E-state index contributed by atoms with van der Waals surface area (Å²) < 4.78 is 47.8. The monoisotopic (exact) mass is 260 g/mol. The normalized spacial score (nSPS) is 22.1. The van der Waals surface area contributed by atoms with Crippen LogP contribution < -0.4 is 0 Å². The molecule has 1 fully saturated rings. The van der Waals surface area contributed by atoms with Gasteiger partial charge in [-0.25, -0.2) is 0 Å². The summed E-state index contributed by atoms with van der Waals surface area (Å²) in [5, 5.41) is 0. The quantitative estimate of drug-likeness (QED) is 0.767. The maximum Gasteiger partial charge on any atom is 0.390 e. The van der Waals surface area contributed by atoms with E-state index in [0.717, 1.165) is 19.3 Å². The van der Waals surface area contributed by atoms with Crippen LogP contribution in [0.3, 0.4) is 0 Å². The van der Waals surface area contributed by atoms with E-state index >= 15 is 0 Å². The van der Waals surface area contributed by atoms with E-state index in [4.69, 9.17) is 9.79 Å². The van der Waals surface area contributed by atoms with Crippen LogP contribution in [0.2, 0.25) is 0 Å². The minimum atomic E-state index is -4.66. The number of alkyl halides is 3. The van der Waals surface area contributed by atoms with Crippen molar-refractivity contribution in [1.82, 2.24) is 0 Å². The Bertz CT molecular complexity index is 268. The van der Waals surface area contributed by atoms with Crippen molar-refractivity contribution >= 4 is 7.60 Å². The lowest BCUT2D eigenvalue weighted by atomic mass is 9.85. The van der Waals surface area contributed by atoms with Crippen molar-refractivity contribution in [2.45, 2.75) is 50.4 Å². The highest BCUT2D eigenvalue weighted by molar-refractivity contribution is 7.52. The lowest BCUT2D eigenvalue weighted by Gasteiger charge is -2.31. The molecule has 0 aliphatic heterocycles. The Morgan fingerprint density at radius 2 is 1.69 bits per heavy atom. The van der Waals surface area contributed by atoms with Gasteiger partial charge in [-0.2, -0.15) is 13.2 Å². The molecule has 1 aliphatic rings. The van der Waals surface area contributed by atoms with Gasteiger partial charge in [0.25, 0.3) is 0 Å². The average molecular weight is 260 g/mol. The first-order valence-electron chi connectivity index (χ1n) is 5.32. The van der Waals surface area contributed by atoms with Crippen molar-refractivity contribution in [2.24, 2.45) is 5.92 Å². The van der Waals surface area contributed by atoms with Gasteiger partial charge < -0.3 is 9.79 Å². The molecule has 7 heteroatoms. The van der Waals surface area contributed by atoms with E-state index in [-0.39, 0.29) is 0 Å². The molecule has 2 N–H and O–H groups in total. The molecule has 0 aromatic carbocycles. The van der Waals surface area contributed by atoms with Gasteiger partial charge in [0.2, 0.25) is 0 Å². The van der Waals surface area contributed by atoms with Crippen LogP contribution in [0.25, 0.3) is 0 Å². The van der Waals surface area contributed by atoms with Crippen LogP contribution in [-0.2, 0) is 4.57 Å². The molecule has 1 saturated carbocycles. The van der Waals surface area contributed by atoms with E-state index in [2.05, 4.69) is 0 Å². The second-order valence-electron chi connectivity index (χ2n) is 4.37. The van der Waals surface area contributed by atoms with Gasteiger partial charge in [-0.05, 0) is 18.8 Å². The summed E-state index contributed by atoms with van der Waals surface area (Å²) in [6, 6.07) is 0. The third-order valence-electron chi connectivity index (χ3n) is 3.07. The van der Waals surface area contributed by atoms with Crippen molar-refractivity contribution in [2.75, 3.05) is 0 Å². The van der Waals surface area contributed by atoms with Crippen molar-refractivity contribution in [1.29, 1.82) is 0 Å². The fourth-order valence-corrected chi connectivity index (χ4v) is 3.61. The summed E-state index contributed by atoms with van der Waals surface area (Å²) in [6.45, 7) is 0. The molecule has 1 aliphatic carbocycles. The standard InChI is InChI=1S/C9H16F3O3P/c10-9(11,12)6-8(16(13,14)15)7-4-2-1-3-5-7/h7-8H,1-6H2,(H2,13,14,15). The van der Waals surface area contributed by atoms with Crippen molar-refractivity contribution in [3.63, 3.8) is 0 Å². The predicted molar refractivity (Wildman–Crippen MR) is 53.1 cm³/mol. The lowest BCUT2D eigenvalue weighted by molar-refractivity contribution is -0.138. The smallest absolute Gasteiger partial charge is 0.324 e. The molecule has 0 amide bonds. The van der Waals surface area contributed by atoms with Crippen LogP contribution in [0.1, 0.15) is 38.5 Å². The molecule has 0 spiro atoms. The zero-order valence-electron chi connectivity index (χ0n) is 8.78. The van der Waals surface area contributed by atoms with Crippen LogP contribution in [0.4, 0.5) is 13.2 Å². The maximum absolute atomic E-state index is 12.2. The molecule has 0 radical (unpaired) electrons. The number of hydrogen-bond acceptors (Lipinski definition) is 1. The Hall–Kier alpha value is -0.0600. The van der Waals surface area contributed by atoms with E-state index < -0.39 is 31.8 Å². The Balaban J connectivity index is 2.74. The van der Waals surface area contributed by atoms with Gasteiger partial charge in [-0.1, -0.05) is 19.3 Å². The Morgan fingerprint density at radius 1 is 1.19 bits per heavy atom. The largest absolute Gasteiger partial charge is 0.390 e. The van der Waals surface area contributed by atoms with Gasteiger partial charge >= 0.3 is 13.8 Å².